The van der Waals surface area contributed by atoms with Gasteiger partial charge in [-0.05, 0) is 69.8 Å². The number of aliphatic hydroxyl groups is 1. The molecule has 4 aromatic rings. The molecule has 0 heterocycles. The Morgan fingerprint density at radius 3 is 2.57 bits per heavy atom. The highest BCUT2D eigenvalue weighted by Gasteiger charge is 2.26. The van der Waals surface area contributed by atoms with Gasteiger partial charge in [-0.1, -0.05) is 54.6 Å². The summed E-state index contributed by atoms with van der Waals surface area (Å²) in [6.07, 6.45) is 1.56. The van der Waals surface area contributed by atoms with Crippen LogP contribution in [0.5, 0.6) is 0 Å². The molecule has 0 amide bonds. The minimum Gasteiger partial charge on any atom is -0.384 e. The van der Waals surface area contributed by atoms with Crippen molar-refractivity contribution in [2.45, 2.75) is 18.9 Å². The van der Waals surface area contributed by atoms with Gasteiger partial charge >= 0.3 is 0 Å². The topological polar surface area (TPSA) is 70.6 Å². The first-order chi connectivity index (χ1) is 14.7. The first-order valence-corrected chi connectivity index (χ1v) is 10.2. The molecule has 2 aliphatic rings. The average molecular weight is 391 g/mol. The Labute approximate surface area is 174 Å². The van der Waals surface area contributed by atoms with Crippen molar-refractivity contribution in [2.24, 2.45) is 10.7 Å². The highest BCUT2D eigenvalue weighted by molar-refractivity contribution is 6.02. The van der Waals surface area contributed by atoms with E-state index in [0.29, 0.717) is 5.96 Å². The van der Waals surface area contributed by atoms with E-state index < -0.39 is 6.10 Å². The van der Waals surface area contributed by atoms with Crippen LogP contribution in [0.2, 0.25) is 0 Å². The highest BCUT2D eigenvalue weighted by atomic mass is 16.3. The maximum Gasteiger partial charge on any atom is 0.198 e. The smallest absolute Gasteiger partial charge is 0.198 e. The molecule has 1 atom stereocenters. The third-order valence-corrected chi connectivity index (χ3v) is 6.26. The Morgan fingerprint density at radius 1 is 0.867 bits per heavy atom. The lowest BCUT2D eigenvalue weighted by molar-refractivity contribution is 0.225. The van der Waals surface area contributed by atoms with Crippen LogP contribution in [0.3, 0.4) is 0 Å². The van der Waals surface area contributed by atoms with Crippen molar-refractivity contribution in [3.8, 4) is 11.1 Å². The maximum absolute atomic E-state index is 10.7. The van der Waals surface area contributed by atoms with Crippen LogP contribution < -0.4 is 11.1 Å². The number of anilines is 1. The Balaban J connectivity index is 1.34. The van der Waals surface area contributed by atoms with Gasteiger partial charge < -0.3 is 16.2 Å². The minimum atomic E-state index is -0.618. The molecule has 30 heavy (non-hydrogen) atoms. The van der Waals surface area contributed by atoms with Crippen molar-refractivity contribution in [2.75, 3.05) is 5.32 Å². The lowest BCUT2D eigenvalue weighted by Crippen LogP contribution is -2.22. The fraction of sp³-hybridized carbons (Fsp3) is 0.115. The Morgan fingerprint density at radius 2 is 1.67 bits per heavy atom. The van der Waals surface area contributed by atoms with Gasteiger partial charge in [0.05, 0.1) is 5.69 Å². The van der Waals surface area contributed by atoms with Crippen molar-refractivity contribution in [1.29, 1.82) is 0 Å². The normalized spacial score (nSPS) is 16.6. The predicted octanol–water partition coefficient (Wildman–Crippen LogP) is 5.06. The molecule has 1 unspecified atom stereocenters. The van der Waals surface area contributed by atoms with Gasteiger partial charge in [-0.3, -0.25) is 0 Å². The van der Waals surface area contributed by atoms with Crippen LogP contribution in [-0.2, 0) is 12.8 Å². The zero-order valence-electron chi connectivity index (χ0n) is 16.4. The molecule has 6 rings (SSSR count). The van der Waals surface area contributed by atoms with E-state index in [-0.39, 0.29) is 0 Å². The van der Waals surface area contributed by atoms with Crippen LogP contribution >= 0.6 is 0 Å². The lowest BCUT2D eigenvalue weighted by Gasteiger charge is -2.11. The van der Waals surface area contributed by atoms with E-state index in [2.05, 4.69) is 34.6 Å². The third-order valence-electron chi connectivity index (χ3n) is 6.26. The number of hydrogen-bond donors (Lipinski definition) is 3. The summed E-state index contributed by atoms with van der Waals surface area (Å²) >= 11 is 0. The number of aliphatic imine (C=N–C) groups is 1. The van der Waals surface area contributed by atoms with Gasteiger partial charge in [0.1, 0.15) is 6.10 Å². The molecule has 0 radical (unpaired) electrons. The first-order valence-electron chi connectivity index (χ1n) is 10.2. The maximum atomic E-state index is 10.7. The van der Waals surface area contributed by atoms with Crippen molar-refractivity contribution in [3.05, 3.63) is 95.1 Å². The van der Waals surface area contributed by atoms with Gasteiger partial charge in [0, 0.05) is 11.1 Å². The molecule has 0 spiro atoms. The molecule has 4 aromatic carbocycles. The van der Waals surface area contributed by atoms with Crippen LogP contribution in [0.25, 0.3) is 21.9 Å². The number of aliphatic hydroxyl groups excluding tert-OH is 1. The van der Waals surface area contributed by atoms with Crippen molar-refractivity contribution in [3.63, 3.8) is 0 Å². The van der Waals surface area contributed by atoms with Crippen LogP contribution in [-0.4, -0.2) is 11.1 Å². The Kier molecular flexibility index (Phi) is 3.70. The molecule has 4 nitrogen and oxygen atoms in total. The summed E-state index contributed by atoms with van der Waals surface area (Å²) in [5.41, 5.74) is 14.7. The van der Waals surface area contributed by atoms with Crippen molar-refractivity contribution in [1.82, 2.24) is 0 Å². The molecular formula is C26H21N3O. The van der Waals surface area contributed by atoms with Crippen molar-refractivity contribution >= 4 is 28.1 Å². The second kappa shape index (κ2) is 6.44. The largest absolute Gasteiger partial charge is 0.384 e. The highest BCUT2D eigenvalue weighted by Crippen LogP contribution is 2.44. The molecule has 0 bridgehead atoms. The van der Waals surface area contributed by atoms with Gasteiger partial charge in [-0.25, -0.2) is 4.99 Å². The Bertz CT molecular complexity index is 1350. The van der Waals surface area contributed by atoms with Gasteiger partial charge in [0.25, 0.3) is 0 Å². The summed E-state index contributed by atoms with van der Waals surface area (Å²) in [5.74, 6) is 0.332. The number of hydrogen-bond acceptors (Lipinski definition) is 2. The van der Waals surface area contributed by atoms with Gasteiger partial charge in [-0.15, -0.1) is 0 Å². The van der Waals surface area contributed by atoms with Gasteiger partial charge in [0.2, 0.25) is 0 Å². The molecule has 0 fully saturated rings. The second-order valence-electron chi connectivity index (χ2n) is 8.00. The molecule has 0 saturated heterocycles. The third kappa shape index (κ3) is 2.54. The molecule has 4 heteroatoms. The van der Waals surface area contributed by atoms with E-state index in [1.54, 1.807) is 0 Å². The van der Waals surface area contributed by atoms with Crippen LogP contribution in [0, 0.1) is 0 Å². The van der Waals surface area contributed by atoms with E-state index in [9.17, 15) is 5.11 Å². The zero-order chi connectivity index (χ0) is 20.2. The standard InChI is InChI=1S/C26H21N3O/c27-26(29-23-13-10-16-9-8-15-4-3-7-21(23)24(15)16)28-17-11-12-19-18-5-1-2-6-20(18)25(30)22(19)14-17/h1-7,10-14,25,30H,8-9H2,(H3,27,28,29). The number of nitrogens with one attached hydrogen (secondary N) is 1. The van der Waals surface area contributed by atoms with E-state index in [1.807, 2.05) is 48.5 Å². The van der Waals surface area contributed by atoms with E-state index in [4.69, 9.17) is 5.73 Å². The molecule has 0 saturated carbocycles. The summed E-state index contributed by atoms with van der Waals surface area (Å²) in [6.45, 7) is 0. The molecular weight excluding hydrogens is 370 g/mol. The molecule has 0 aromatic heterocycles. The Hall–Kier alpha value is -3.63. The number of rotatable bonds is 2. The number of guanidine groups is 1. The number of benzene rings is 4. The molecule has 4 N–H and O–H groups in total. The minimum absolute atomic E-state index is 0.332. The van der Waals surface area contributed by atoms with Crippen LogP contribution in [0.1, 0.15) is 28.4 Å². The van der Waals surface area contributed by atoms with Crippen LogP contribution in [0.15, 0.2) is 77.8 Å². The monoisotopic (exact) mass is 391 g/mol. The number of aryl methyl sites for hydroxylation is 2. The number of nitrogens with zero attached hydrogens (tertiary/aromatic N) is 1. The summed E-state index contributed by atoms with van der Waals surface area (Å²) in [6, 6.07) is 24.5. The van der Waals surface area contributed by atoms with E-state index in [1.165, 1.54) is 16.5 Å². The SMILES string of the molecule is NC(=Nc1ccc2c3c(cccc13)CC2)Nc1ccc2c(c1)C(O)c1ccccc1-2. The quantitative estimate of drug-likeness (QED) is 0.330. The molecule has 146 valence electrons. The predicted molar refractivity (Wildman–Crippen MR) is 122 cm³/mol. The fourth-order valence-electron chi connectivity index (χ4n) is 4.89. The van der Waals surface area contributed by atoms with E-state index in [0.717, 1.165) is 51.9 Å². The molecule has 2 aliphatic carbocycles. The average Bonchev–Trinajstić information content (AvgIpc) is 3.31. The summed E-state index contributed by atoms with van der Waals surface area (Å²) in [7, 11) is 0. The summed E-state index contributed by atoms with van der Waals surface area (Å²) < 4.78 is 0. The van der Waals surface area contributed by atoms with E-state index >= 15 is 0 Å². The lowest BCUT2D eigenvalue weighted by atomic mass is 10.0. The fourth-order valence-corrected chi connectivity index (χ4v) is 4.89. The summed E-state index contributed by atoms with van der Waals surface area (Å²) in [4.78, 5) is 4.67. The second-order valence-corrected chi connectivity index (χ2v) is 8.00. The van der Waals surface area contributed by atoms with Crippen molar-refractivity contribution < 1.29 is 5.11 Å². The summed E-state index contributed by atoms with van der Waals surface area (Å²) in [5, 5.41) is 16.4. The van der Waals surface area contributed by atoms with Gasteiger partial charge in [0.15, 0.2) is 5.96 Å². The van der Waals surface area contributed by atoms with Crippen LogP contribution in [0.4, 0.5) is 11.4 Å². The first kappa shape index (κ1) is 17.2. The van der Waals surface area contributed by atoms with Gasteiger partial charge in [-0.2, -0.15) is 0 Å². The number of fused-ring (bicyclic) bond motifs is 3. The number of nitrogens with two attached hydrogens (primary N) is 1. The zero-order valence-corrected chi connectivity index (χ0v) is 16.4. The molecule has 0 aliphatic heterocycles.